The second-order valence-electron chi connectivity index (χ2n) is 4.05. The molecule has 0 aliphatic rings. The lowest BCUT2D eigenvalue weighted by molar-refractivity contribution is -0.153. The van der Waals surface area contributed by atoms with E-state index >= 15 is 0 Å². The third kappa shape index (κ3) is 3.06. The standard InChI is InChI=1S/C12H15NO5/c1-13(2)11(16)8-5-3-4-7(6-8)9(14)10(15)12(17)18/h3-6,9-10,14-15H,1-2H3,(H,17,18). The van der Waals surface area contributed by atoms with E-state index in [1.54, 1.807) is 20.2 Å². The van der Waals surface area contributed by atoms with Crippen LogP contribution in [0.4, 0.5) is 0 Å². The SMILES string of the molecule is CN(C)C(=O)c1cccc(C(O)C(O)C(=O)O)c1. The Bertz CT molecular complexity index is 458. The molecular formula is C12H15NO5. The predicted octanol–water partition coefficient (Wildman–Crippen LogP) is -0.133. The van der Waals surface area contributed by atoms with Crippen LogP contribution >= 0.6 is 0 Å². The summed E-state index contributed by atoms with van der Waals surface area (Å²) in [5.41, 5.74) is 0.492. The molecule has 6 heteroatoms. The van der Waals surface area contributed by atoms with Gasteiger partial charge in [-0.1, -0.05) is 12.1 Å². The van der Waals surface area contributed by atoms with Gasteiger partial charge in [0.25, 0.3) is 5.91 Å². The summed E-state index contributed by atoms with van der Waals surface area (Å²) in [7, 11) is 3.16. The number of hydrogen-bond acceptors (Lipinski definition) is 4. The van der Waals surface area contributed by atoms with Crippen molar-refractivity contribution in [2.24, 2.45) is 0 Å². The number of carboxylic acids is 1. The summed E-state index contributed by atoms with van der Waals surface area (Å²) in [4.78, 5) is 23.6. The van der Waals surface area contributed by atoms with E-state index in [-0.39, 0.29) is 11.5 Å². The molecule has 18 heavy (non-hydrogen) atoms. The summed E-state index contributed by atoms with van der Waals surface area (Å²) in [5.74, 6) is -1.79. The van der Waals surface area contributed by atoms with E-state index in [1.165, 1.54) is 23.1 Å². The molecule has 98 valence electrons. The summed E-state index contributed by atoms with van der Waals surface area (Å²) >= 11 is 0. The van der Waals surface area contributed by atoms with Gasteiger partial charge in [-0.15, -0.1) is 0 Å². The van der Waals surface area contributed by atoms with Crippen molar-refractivity contribution in [1.29, 1.82) is 0 Å². The maximum Gasteiger partial charge on any atom is 0.335 e. The average Bonchev–Trinajstić information content (AvgIpc) is 2.35. The number of benzene rings is 1. The lowest BCUT2D eigenvalue weighted by Gasteiger charge is -2.16. The molecular weight excluding hydrogens is 238 g/mol. The molecule has 0 saturated heterocycles. The molecule has 0 spiro atoms. The zero-order valence-electron chi connectivity index (χ0n) is 10.1. The largest absolute Gasteiger partial charge is 0.479 e. The van der Waals surface area contributed by atoms with Crippen LogP contribution in [0.15, 0.2) is 24.3 Å². The second-order valence-corrected chi connectivity index (χ2v) is 4.05. The Morgan fingerprint density at radius 1 is 1.22 bits per heavy atom. The lowest BCUT2D eigenvalue weighted by Crippen LogP contribution is -2.28. The van der Waals surface area contributed by atoms with Gasteiger partial charge >= 0.3 is 5.97 Å². The molecule has 0 aliphatic heterocycles. The minimum absolute atomic E-state index is 0.178. The normalized spacial score (nSPS) is 13.8. The molecule has 6 nitrogen and oxygen atoms in total. The Morgan fingerprint density at radius 3 is 2.33 bits per heavy atom. The van der Waals surface area contributed by atoms with Gasteiger partial charge in [0, 0.05) is 19.7 Å². The molecule has 1 aromatic rings. The number of carboxylic acid groups (broad SMARTS) is 1. The van der Waals surface area contributed by atoms with Gasteiger partial charge in [0.1, 0.15) is 6.10 Å². The van der Waals surface area contributed by atoms with Crippen LogP contribution in [-0.4, -0.2) is 52.3 Å². The molecule has 0 aromatic heterocycles. The minimum Gasteiger partial charge on any atom is -0.479 e. The van der Waals surface area contributed by atoms with Crippen LogP contribution in [0, 0.1) is 0 Å². The van der Waals surface area contributed by atoms with Crippen molar-refractivity contribution in [2.45, 2.75) is 12.2 Å². The molecule has 1 rings (SSSR count). The first-order valence-corrected chi connectivity index (χ1v) is 5.25. The molecule has 1 amide bonds. The van der Waals surface area contributed by atoms with E-state index in [9.17, 15) is 19.8 Å². The van der Waals surface area contributed by atoms with Crippen LogP contribution in [0.25, 0.3) is 0 Å². The van der Waals surface area contributed by atoms with Crippen molar-refractivity contribution in [3.8, 4) is 0 Å². The summed E-state index contributed by atoms with van der Waals surface area (Å²) in [6.45, 7) is 0. The number of aliphatic carboxylic acids is 1. The highest BCUT2D eigenvalue weighted by atomic mass is 16.4. The van der Waals surface area contributed by atoms with Crippen molar-refractivity contribution in [3.63, 3.8) is 0 Å². The Morgan fingerprint density at radius 2 is 1.83 bits per heavy atom. The zero-order chi connectivity index (χ0) is 13.9. The van der Waals surface area contributed by atoms with Gasteiger partial charge in [0.2, 0.25) is 0 Å². The Balaban J connectivity index is 3.02. The number of hydrogen-bond donors (Lipinski definition) is 3. The molecule has 1 aromatic carbocycles. The van der Waals surface area contributed by atoms with Crippen molar-refractivity contribution in [1.82, 2.24) is 4.90 Å². The molecule has 0 radical (unpaired) electrons. The maximum atomic E-state index is 11.7. The molecule has 3 N–H and O–H groups in total. The number of rotatable bonds is 4. The summed E-state index contributed by atoms with van der Waals surface area (Å²) in [5, 5.41) is 27.5. The van der Waals surface area contributed by atoms with E-state index in [2.05, 4.69) is 0 Å². The number of carbonyl (C=O) groups is 2. The van der Waals surface area contributed by atoms with Gasteiger partial charge < -0.3 is 20.2 Å². The van der Waals surface area contributed by atoms with Gasteiger partial charge in [-0.05, 0) is 17.7 Å². The van der Waals surface area contributed by atoms with Crippen molar-refractivity contribution in [3.05, 3.63) is 35.4 Å². The van der Waals surface area contributed by atoms with Crippen LogP contribution in [0.2, 0.25) is 0 Å². The monoisotopic (exact) mass is 253 g/mol. The van der Waals surface area contributed by atoms with Gasteiger partial charge in [-0.25, -0.2) is 4.79 Å². The first-order valence-electron chi connectivity index (χ1n) is 5.25. The summed E-state index contributed by atoms with van der Waals surface area (Å²) < 4.78 is 0. The van der Waals surface area contributed by atoms with Crippen molar-refractivity contribution < 1.29 is 24.9 Å². The predicted molar refractivity (Wildman–Crippen MR) is 63.1 cm³/mol. The fourth-order valence-corrected chi connectivity index (χ4v) is 1.43. The Kier molecular flexibility index (Phi) is 4.41. The number of aliphatic hydroxyl groups is 2. The van der Waals surface area contributed by atoms with Crippen LogP contribution in [0.1, 0.15) is 22.0 Å². The topological polar surface area (TPSA) is 98.1 Å². The molecule has 0 saturated carbocycles. The molecule has 0 heterocycles. The first-order chi connectivity index (χ1) is 8.34. The van der Waals surface area contributed by atoms with E-state index in [4.69, 9.17) is 5.11 Å². The van der Waals surface area contributed by atoms with Crippen LogP contribution in [0.3, 0.4) is 0 Å². The molecule has 0 aliphatic carbocycles. The Hall–Kier alpha value is -1.92. The van der Waals surface area contributed by atoms with Gasteiger partial charge in [-0.3, -0.25) is 4.79 Å². The average molecular weight is 253 g/mol. The lowest BCUT2D eigenvalue weighted by atomic mass is 10.0. The summed E-state index contributed by atoms with van der Waals surface area (Å²) in [6, 6.07) is 5.87. The number of nitrogens with zero attached hydrogens (tertiary/aromatic N) is 1. The Labute approximate surface area is 104 Å². The van der Waals surface area contributed by atoms with Gasteiger partial charge in [0.15, 0.2) is 6.10 Å². The number of carbonyl (C=O) groups excluding carboxylic acids is 1. The fourth-order valence-electron chi connectivity index (χ4n) is 1.43. The highest BCUT2D eigenvalue weighted by Gasteiger charge is 2.25. The van der Waals surface area contributed by atoms with Crippen LogP contribution in [-0.2, 0) is 4.79 Å². The van der Waals surface area contributed by atoms with Crippen molar-refractivity contribution >= 4 is 11.9 Å². The molecule has 2 atom stereocenters. The molecule has 2 unspecified atom stereocenters. The van der Waals surface area contributed by atoms with Crippen molar-refractivity contribution in [2.75, 3.05) is 14.1 Å². The zero-order valence-corrected chi connectivity index (χ0v) is 10.1. The molecule has 0 bridgehead atoms. The molecule has 0 fully saturated rings. The first kappa shape index (κ1) is 14.1. The van der Waals surface area contributed by atoms with Gasteiger partial charge in [0.05, 0.1) is 0 Å². The highest BCUT2D eigenvalue weighted by molar-refractivity contribution is 5.94. The van der Waals surface area contributed by atoms with Crippen LogP contribution < -0.4 is 0 Å². The fraction of sp³-hybridized carbons (Fsp3) is 0.333. The van der Waals surface area contributed by atoms with E-state index in [0.29, 0.717) is 5.56 Å². The smallest absolute Gasteiger partial charge is 0.335 e. The van der Waals surface area contributed by atoms with Crippen LogP contribution in [0.5, 0.6) is 0 Å². The minimum atomic E-state index is -1.92. The second kappa shape index (κ2) is 5.61. The van der Waals surface area contributed by atoms with E-state index < -0.39 is 18.2 Å². The van der Waals surface area contributed by atoms with E-state index in [0.717, 1.165) is 0 Å². The van der Waals surface area contributed by atoms with Gasteiger partial charge in [-0.2, -0.15) is 0 Å². The third-order valence-corrected chi connectivity index (χ3v) is 2.43. The van der Waals surface area contributed by atoms with E-state index in [1.807, 2.05) is 0 Å². The maximum absolute atomic E-state index is 11.7. The highest BCUT2D eigenvalue weighted by Crippen LogP contribution is 2.19. The quantitative estimate of drug-likeness (QED) is 0.694. The number of aliphatic hydroxyl groups excluding tert-OH is 2. The third-order valence-electron chi connectivity index (χ3n) is 2.43. The number of amides is 1. The summed E-state index contributed by atoms with van der Waals surface area (Å²) in [6.07, 6.45) is -3.49.